The highest BCUT2D eigenvalue weighted by molar-refractivity contribution is 5.86. The lowest BCUT2D eigenvalue weighted by molar-refractivity contribution is -0.135. The summed E-state index contributed by atoms with van der Waals surface area (Å²) in [5.41, 5.74) is 1.12. The zero-order chi connectivity index (χ0) is 11.4. The molecule has 2 aromatic rings. The quantitative estimate of drug-likeness (QED) is 0.878. The van der Waals surface area contributed by atoms with E-state index in [9.17, 15) is 4.79 Å². The summed E-state index contributed by atoms with van der Waals surface area (Å²) in [5.74, 6) is -0.833. The van der Waals surface area contributed by atoms with Gasteiger partial charge in [-0.2, -0.15) is 0 Å². The first-order valence-electron chi connectivity index (χ1n) is 5.16. The van der Waals surface area contributed by atoms with E-state index in [4.69, 9.17) is 5.11 Å². The Morgan fingerprint density at radius 1 is 1.12 bits per heavy atom. The van der Waals surface area contributed by atoms with Gasteiger partial charge in [-0.25, -0.2) is 0 Å². The molecule has 4 heteroatoms. The highest BCUT2D eigenvalue weighted by Gasteiger charge is 2.00. The van der Waals surface area contributed by atoms with E-state index in [0.717, 1.165) is 5.56 Å². The largest absolute Gasteiger partial charge is 0.480 e. The van der Waals surface area contributed by atoms with E-state index >= 15 is 0 Å². The van der Waals surface area contributed by atoms with E-state index in [2.05, 4.69) is 17.4 Å². The van der Waals surface area contributed by atoms with Crippen LogP contribution in [0.15, 0.2) is 42.5 Å². The Morgan fingerprint density at radius 2 is 1.82 bits per heavy atom. The molecule has 0 saturated carbocycles. The van der Waals surface area contributed by atoms with Crippen molar-refractivity contribution in [1.29, 1.82) is 0 Å². The third kappa shape index (κ3) is 3.44. The SMILES string of the molecule is Cl.O=C(O)CNCc1cccc2ccccc12. The first kappa shape index (κ1) is 13.5. The molecule has 2 aromatic carbocycles. The molecule has 0 unspecified atom stereocenters. The highest BCUT2D eigenvalue weighted by Crippen LogP contribution is 2.17. The van der Waals surface area contributed by atoms with Crippen LogP contribution < -0.4 is 5.32 Å². The summed E-state index contributed by atoms with van der Waals surface area (Å²) < 4.78 is 0. The van der Waals surface area contributed by atoms with E-state index in [0.29, 0.717) is 6.54 Å². The number of fused-ring (bicyclic) bond motifs is 1. The summed E-state index contributed by atoms with van der Waals surface area (Å²) in [6.45, 7) is 0.566. The second-order valence-corrected chi connectivity index (χ2v) is 3.64. The molecule has 17 heavy (non-hydrogen) atoms. The van der Waals surface area contributed by atoms with E-state index in [1.807, 2.05) is 30.3 Å². The lowest BCUT2D eigenvalue weighted by atomic mass is 10.0. The first-order valence-corrected chi connectivity index (χ1v) is 5.16. The van der Waals surface area contributed by atoms with Gasteiger partial charge < -0.3 is 10.4 Å². The van der Waals surface area contributed by atoms with Crippen LogP contribution >= 0.6 is 12.4 Å². The van der Waals surface area contributed by atoms with Gasteiger partial charge in [0.1, 0.15) is 0 Å². The van der Waals surface area contributed by atoms with Crippen molar-refractivity contribution in [2.45, 2.75) is 6.54 Å². The Morgan fingerprint density at radius 3 is 2.59 bits per heavy atom. The van der Waals surface area contributed by atoms with E-state index in [-0.39, 0.29) is 19.0 Å². The van der Waals surface area contributed by atoms with Crippen molar-refractivity contribution in [1.82, 2.24) is 5.32 Å². The number of halogens is 1. The number of carboxylic acids is 1. The first-order chi connectivity index (χ1) is 7.77. The van der Waals surface area contributed by atoms with Crippen LogP contribution in [0.4, 0.5) is 0 Å². The number of carbonyl (C=O) groups is 1. The topological polar surface area (TPSA) is 49.3 Å². The minimum Gasteiger partial charge on any atom is -0.480 e. The zero-order valence-electron chi connectivity index (χ0n) is 9.22. The van der Waals surface area contributed by atoms with Crippen LogP contribution in [0.25, 0.3) is 10.8 Å². The van der Waals surface area contributed by atoms with Crippen LogP contribution in [0, 0.1) is 0 Å². The van der Waals surface area contributed by atoms with Crippen LogP contribution in [-0.4, -0.2) is 17.6 Å². The Hall–Kier alpha value is -1.58. The second-order valence-electron chi connectivity index (χ2n) is 3.64. The maximum absolute atomic E-state index is 10.4. The number of aliphatic carboxylic acids is 1. The van der Waals surface area contributed by atoms with Crippen molar-refractivity contribution in [2.24, 2.45) is 0 Å². The Labute approximate surface area is 106 Å². The molecule has 0 radical (unpaired) electrons. The lowest BCUT2D eigenvalue weighted by Gasteiger charge is -2.06. The smallest absolute Gasteiger partial charge is 0.317 e. The molecule has 2 N–H and O–H groups in total. The number of nitrogens with one attached hydrogen (secondary N) is 1. The molecule has 0 aromatic heterocycles. The van der Waals surface area contributed by atoms with Crippen LogP contribution in [0.1, 0.15) is 5.56 Å². The fourth-order valence-electron chi connectivity index (χ4n) is 1.75. The summed E-state index contributed by atoms with van der Waals surface area (Å²) in [7, 11) is 0. The van der Waals surface area contributed by atoms with Gasteiger partial charge in [-0.05, 0) is 16.3 Å². The summed E-state index contributed by atoms with van der Waals surface area (Å²) in [6, 6.07) is 14.1. The normalized spacial score (nSPS) is 9.88. The molecule has 3 nitrogen and oxygen atoms in total. The molecule has 0 amide bonds. The Bertz CT molecular complexity index is 508. The third-order valence-electron chi connectivity index (χ3n) is 2.47. The number of carboxylic acid groups (broad SMARTS) is 1. The molecular formula is C13H14ClNO2. The van der Waals surface area contributed by atoms with E-state index < -0.39 is 5.97 Å². The molecule has 0 fully saturated rings. The Kier molecular flexibility index (Phi) is 4.94. The van der Waals surface area contributed by atoms with E-state index in [1.165, 1.54) is 10.8 Å². The predicted octanol–water partition coefficient (Wildman–Crippen LogP) is 2.44. The van der Waals surface area contributed by atoms with Crippen molar-refractivity contribution in [3.05, 3.63) is 48.0 Å². The third-order valence-corrected chi connectivity index (χ3v) is 2.47. The fraction of sp³-hybridized carbons (Fsp3) is 0.154. The number of hydrogen-bond donors (Lipinski definition) is 2. The zero-order valence-corrected chi connectivity index (χ0v) is 10.0. The van der Waals surface area contributed by atoms with Crippen LogP contribution in [-0.2, 0) is 11.3 Å². The standard InChI is InChI=1S/C13H13NO2.ClH/c15-13(16)9-14-8-11-6-3-5-10-4-1-2-7-12(10)11;/h1-7,14H,8-9H2,(H,15,16);1H. The fourth-order valence-corrected chi connectivity index (χ4v) is 1.75. The van der Waals surface area contributed by atoms with Gasteiger partial charge in [0.15, 0.2) is 0 Å². The van der Waals surface area contributed by atoms with Gasteiger partial charge in [0.2, 0.25) is 0 Å². The maximum Gasteiger partial charge on any atom is 0.317 e. The highest BCUT2D eigenvalue weighted by atomic mass is 35.5. The maximum atomic E-state index is 10.4. The molecule has 0 spiro atoms. The molecule has 0 atom stereocenters. The second kappa shape index (κ2) is 6.23. The molecular weight excluding hydrogens is 238 g/mol. The van der Waals surface area contributed by atoms with Crippen LogP contribution in [0.3, 0.4) is 0 Å². The minimum atomic E-state index is -0.833. The number of rotatable bonds is 4. The number of benzene rings is 2. The minimum absolute atomic E-state index is 0. The van der Waals surface area contributed by atoms with Gasteiger partial charge in [0.05, 0.1) is 6.54 Å². The molecule has 0 aliphatic rings. The molecule has 0 aliphatic carbocycles. The molecule has 0 bridgehead atoms. The van der Waals surface area contributed by atoms with E-state index in [1.54, 1.807) is 0 Å². The van der Waals surface area contributed by atoms with Gasteiger partial charge in [-0.3, -0.25) is 4.79 Å². The van der Waals surface area contributed by atoms with Crippen molar-refractivity contribution < 1.29 is 9.90 Å². The monoisotopic (exact) mass is 251 g/mol. The van der Waals surface area contributed by atoms with Crippen molar-refractivity contribution in [2.75, 3.05) is 6.54 Å². The van der Waals surface area contributed by atoms with Crippen LogP contribution in [0.2, 0.25) is 0 Å². The molecule has 0 aliphatic heterocycles. The van der Waals surface area contributed by atoms with Crippen molar-refractivity contribution in [3.63, 3.8) is 0 Å². The molecule has 0 saturated heterocycles. The predicted molar refractivity (Wildman–Crippen MR) is 70.5 cm³/mol. The van der Waals surface area contributed by atoms with Gasteiger partial charge in [-0.1, -0.05) is 42.5 Å². The van der Waals surface area contributed by atoms with Crippen molar-refractivity contribution >= 4 is 29.1 Å². The Balaban J connectivity index is 0.00000144. The molecule has 0 heterocycles. The summed E-state index contributed by atoms with van der Waals surface area (Å²) in [6.07, 6.45) is 0. The summed E-state index contributed by atoms with van der Waals surface area (Å²) >= 11 is 0. The molecule has 2 rings (SSSR count). The van der Waals surface area contributed by atoms with Crippen molar-refractivity contribution in [3.8, 4) is 0 Å². The van der Waals surface area contributed by atoms with Gasteiger partial charge in [0.25, 0.3) is 0 Å². The summed E-state index contributed by atoms with van der Waals surface area (Å²) in [4.78, 5) is 10.4. The average molecular weight is 252 g/mol. The van der Waals surface area contributed by atoms with Gasteiger partial charge >= 0.3 is 5.97 Å². The lowest BCUT2D eigenvalue weighted by Crippen LogP contribution is -2.21. The van der Waals surface area contributed by atoms with Gasteiger partial charge in [-0.15, -0.1) is 12.4 Å². The molecule has 90 valence electrons. The van der Waals surface area contributed by atoms with Gasteiger partial charge in [0, 0.05) is 6.54 Å². The number of hydrogen-bond acceptors (Lipinski definition) is 2. The summed E-state index contributed by atoms with van der Waals surface area (Å²) in [5, 5.41) is 13.8. The average Bonchev–Trinajstić information content (AvgIpc) is 2.29. The van der Waals surface area contributed by atoms with Crippen LogP contribution in [0.5, 0.6) is 0 Å².